The molecule has 1 N–H and O–H groups in total. The molecule has 104 valence electrons. The fraction of sp³-hybridized carbons (Fsp3) is 0. The van der Waals surface area contributed by atoms with Gasteiger partial charge in [-0.2, -0.15) is 0 Å². The van der Waals surface area contributed by atoms with Gasteiger partial charge in [0.2, 0.25) is 0 Å². The van der Waals surface area contributed by atoms with E-state index in [-0.39, 0.29) is 5.91 Å². The molecule has 0 spiro atoms. The van der Waals surface area contributed by atoms with Gasteiger partial charge in [0.25, 0.3) is 5.91 Å². The number of carbonyl (C=O) groups is 1. The Morgan fingerprint density at radius 2 is 2.00 bits per heavy atom. The zero-order valence-corrected chi connectivity index (χ0v) is 12.4. The monoisotopic (exact) mass is 314 g/mol. The van der Waals surface area contributed by atoms with E-state index in [0.29, 0.717) is 5.69 Å². The Labute approximate surface area is 129 Å². The standard InChI is InChI=1S/C14H10N4OS2/c19-13(11-6-3-4-8-15-11)17-10-5-1-2-7-12(10)21-14-18-16-9-20-14/h1-9H,(H,17,19). The first-order valence-corrected chi connectivity index (χ1v) is 7.78. The molecule has 2 heterocycles. The van der Waals surface area contributed by atoms with Crippen molar-refractivity contribution in [2.75, 3.05) is 5.32 Å². The van der Waals surface area contributed by atoms with E-state index in [4.69, 9.17) is 0 Å². The van der Waals surface area contributed by atoms with Crippen LogP contribution in [0.15, 0.2) is 63.4 Å². The van der Waals surface area contributed by atoms with Gasteiger partial charge in [-0.05, 0) is 24.3 Å². The van der Waals surface area contributed by atoms with Crippen LogP contribution in [0, 0.1) is 0 Å². The van der Waals surface area contributed by atoms with Crippen molar-refractivity contribution >= 4 is 34.7 Å². The number of hydrogen-bond donors (Lipinski definition) is 1. The van der Waals surface area contributed by atoms with E-state index in [2.05, 4.69) is 20.5 Å². The van der Waals surface area contributed by atoms with Crippen molar-refractivity contribution in [1.82, 2.24) is 15.2 Å². The Balaban J connectivity index is 1.81. The average molecular weight is 314 g/mol. The Morgan fingerprint density at radius 1 is 1.14 bits per heavy atom. The third kappa shape index (κ3) is 3.45. The molecule has 0 bridgehead atoms. The molecule has 0 atom stereocenters. The van der Waals surface area contributed by atoms with Crippen LogP contribution in [0.3, 0.4) is 0 Å². The third-order valence-electron chi connectivity index (χ3n) is 2.57. The summed E-state index contributed by atoms with van der Waals surface area (Å²) in [6, 6.07) is 12.8. The van der Waals surface area contributed by atoms with E-state index >= 15 is 0 Å². The van der Waals surface area contributed by atoms with Gasteiger partial charge < -0.3 is 5.32 Å². The van der Waals surface area contributed by atoms with Crippen LogP contribution in [0.4, 0.5) is 5.69 Å². The number of para-hydroxylation sites is 1. The van der Waals surface area contributed by atoms with Gasteiger partial charge in [0.05, 0.1) is 5.69 Å². The zero-order chi connectivity index (χ0) is 14.5. The lowest BCUT2D eigenvalue weighted by Crippen LogP contribution is -2.13. The SMILES string of the molecule is O=C(Nc1ccccc1Sc1nncs1)c1ccccn1. The first-order valence-electron chi connectivity index (χ1n) is 6.08. The van der Waals surface area contributed by atoms with E-state index in [1.807, 2.05) is 24.3 Å². The Morgan fingerprint density at radius 3 is 2.76 bits per heavy atom. The van der Waals surface area contributed by atoms with Crippen molar-refractivity contribution in [3.63, 3.8) is 0 Å². The molecule has 0 aliphatic carbocycles. The first kappa shape index (κ1) is 13.7. The number of rotatable bonds is 4. The summed E-state index contributed by atoms with van der Waals surface area (Å²) < 4.78 is 0.828. The smallest absolute Gasteiger partial charge is 0.274 e. The summed E-state index contributed by atoms with van der Waals surface area (Å²) in [6.45, 7) is 0. The molecule has 3 rings (SSSR count). The summed E-state index contributed by atoms with van der Waals surface area (Å²) in [7, 11) is 0. The van der Waals surface area contributed by atoms with E-state index < -0.39 is 0 Å². The molecule has 21 heavy (non-hydrogen) atoms. The van der Waals surface area contributed by atoms with Crippen molar-refractivity contribution < 1.29 is 4.79 Å². The predicted molar refractivity (Wildman–Crippen MR) is 82.7 cm³/mol. The molecule has 0 aliphatic heterocycles. The summed E-state index contributed by atoms with van der Waals surface area (Å²) in [5.41, 5.74) is 2.79. The van der Waals surface area contributed by atoms with Crippen LogP contribution in [-0.4, -0.2) is 21.1 Å². The van der Waals surface area contributed by atoms with E-state index in [1.165, 1.54) is 23.1 Å². The summed E-state index contributed by atoms with van der Waals surface area (Å²) in [5.74, 6) is -0.235. The molecule has 0 saturated carbocycles. The minimum Gasteiger partial charge on any atom is -0.320 e. The maximum atomic E-state index is 12.2. The van der Waals surface area contributed by atoms with Gasteiger partial charge in [-0.1, -0.05) is 41.3 Å². The maximum Gasteiger partial charge on any atom is 0.274 e. The summed E-state index contributed by atoms with van der Waals surface area (Å²) >= 11 is 2.93. The van der Waals surface area contributed by atoms with Crippen LogP contribution in [-0.2, 0) is 0 Å². The number of anilines is 1. The molecule has 0 radical (unpaired) electrons. The fourth-order valence-electron chi connectivity index (χ4n) is 1.64. The van der Waals surface area contributed by atoms with Crippen LogP contribution in [0.25, 0.3) is 0 Å². The molecule has 1 amide bonds. The van der Waals surface area contributed by atoms with Gasteiger partial charge >= 0.3 is 0 Å². The maximum absolute atomic E-state index is 12.2. The Kier molecular flexibility index (Phi) is 4.23. The van der Waals surface area contributed by atoms with Crippen LogP contribution >= 0.6 is 23.1 Å². The number of pyridine rings is 1. The number of nitrogens with one attached hydrogen (secondary N) is 1. The highest BCUT2D eigenvalue weighted by molar-refractivity contribution is 8.01. The minimum atomic E-state index is -0.235. The Bertz CT molecular complexity index is 732. The van der Waals surface area contributed by atoms with Crippen molar-refractivity contribution in [2.24, 2.45) is 0 Å². The lowest BCUT2D eigenvalue weighted by atomic mass is 10.3. The number of carbonyl (C=O) groups excluding carboxylic acids is 1. The lowest BCUT2D eigenvalue weighted by molar-refractivity contribution is 0.102. The molecule has 3 aromatic rings. The van der Waals surface area contributed by atoms with Crippen molar-refractivity contribution in [3.8, 4) is 0 Å². The van der Waals surface area contributed by atoms with Gasteiger partial charge in [-0.15, -0.1) is 10.2 Å². The molecule has 0 fully saturated rings. The molecule has 1 aromatic carbocycles. The van der Waals surface area contributed by atoms with Crippen molar-refractivity contribution in [1.29, 1.82) is 0 Å². The number of hydrogen-bond acceptors (Lipinski definition) is 6. The number of aromatic nitrogens is 3. The van der Waals surface area contributed by atoms with Crippen molar-refractivity contribution in [3.05, 3.63) is 59.9 Å². The second kappa shape index (κ2) is 6.47. The van der Waals surface area contributed by atoms with Crippen LogP contribution in [0.1, 0.15) is 10.5 Å². The molecule has 7 heteroatoms. The van der Waals surface area contributed by atoms with Gasteiger partial charge in [0.15, 0.2) is 4.34 Å². The molecular weight excluding hydrogens is 304 g/mol. The van der Waals surface area contributed by atoms with Gasteiger partial charge in [0.1, 0.15) is 11.2 Å². The normalized spacial score (nSPS) is 10.3. The molecule has 2 aromatic heterocycles. The van der Waals surface area contributed by atoms with E-state index in [1.54, 1.807) is 29.9 Å². The number of amides is 1. The third-order valence-corrected chi connectivity index (χ3v) is 4.42. The topological polar surface area (TPSA) is 67.8 Å². The predicted octanol–water partition coefficient (Wildman–Crippen LogP) is 3.34. The zero-order valence-electron chi connectivity index (χ0n) is 10.8. The molecule has 5 nitrogen and oxygen atoms in total. The summed E-state index contributed by atoms with van der Waals surface area (Å²) in [4.78, 5) is 17.1. The summed E-state index contributed by atoms with van der Waals surface area (Å²) in [5, 5.41) is 10.7. The van der Waals surface area contributed by atoms with Crippen molar-refractivity contribution in [2.45, 2.75) is 9.24 Å². The lowest BCUT2D eigenvalue weighted by Gasteiger charge is -2.09. The van der Waals surface area contributed by atoms with Crippen LogP contribution < -0.4 is 5.32 Å². The van der Waals surface area contributed by atoms with Gasteiger partial charge in [-0.3, -0.25) is 9.78 Å². The summed E-state index contributed by atoms with van der Waals surface area (Å²) in [6.07, 6.45) is 1.59. The Hall–Kier alpha value is -2.25. The first-order chi connectivity index (χ1) is 10.3. The molecule has 0 unspecified atom stereocenters. The molecule has 0 aliphatic rings. The van der Waals surface area contributed by atoms with E-state index in [0.717, 1.165) is 14.9 Å². The largest absolute Gasteiger partial charge is 0.320 e. The van der Waals surface area contributed by atoms with Gasteiger partial charge in [-0.25, -0.2) is 0 Å². The van der Waals surface area contributed by atoms with Gasteiger partial charge in [0, 0.05) is 11.1 Å². The second-order valence-corrected chi connectivity index (χ2v) is 6.09. The minimum absolute atomic E-state index is 0.235. The highest BCUT2D eigenvalue weighted by Crippen LogP contribution is 2.33. The average Bonchev–Trinajstić information content (AvgIpc) is 3.03. The number of benzene rings is 1. The highest BCUT2D eigenvalue weighted by Gasteiger charge is 2.11. The highest BCUT2D eigenvalue weighted by atomic mass is 32.2. The fourth-order valence-corrected chi connectivity index (χ4v) is 3.17. The number of nitrogens with zero attached hydrogens (tertiary/aromatic N) is 3. The second-order valence-electron chi connectivity index (χ2n) is 3.97. The molecular formula is C14H10N4OS2. The quantitative estimate of drug-likeness (QED) is 0.800. The molecule has 0 saturated heterocycles. The van der Waals surface area contributed by atoms with Crippen LogP contribution in [0.2, 0.25) is 0 Å². The van der Waals surface area contributed by atoms with Crippen LogP contribution in [0.5, 0.6) is 0 Å². The van der Waals surface area contributed by atoms with E-state index in [9.17, 15) is 4.79 Å².